The molecule has 2 aromatic heterocycles. The van der Waals surface area contributed by atoms with Gasteiger partial charge < -0.3 is 15.6 Å². The van der Waals surface area contributed by atoms with Crippen LogP contribution in [0.1, 0.15) is 44.9 Å². The Morgan fingerprint density at radius 2 is 1.77 bits per heavy atom. The number of hydrogen-bond donors (Lipinski definition) is 2. The monoisotopic (exact) mass is 489 g/mol. The summed E-state index contributed by atoms with van der Waals surface area (Å²) in [6.45, 7) is 8.98. The number of nitroso groups, excluding NO2 is 1. The third kappa shape index (κ3) is 6.87. The first-order chi connectivity index (χ1) is 17.2. The molecular weight excluding hydrogens is 454 g/mol. The number of nitrogens with zero attached hydrogens (tertiary/aromatic N) is 3. The lowest BCUT2D eigenvalue weighted by Gasteiger charge is -2.12. The zero-order valence-electron chi connectivity index (χ0n) is 20.8. The Balaban J connectivity index is 0.00000167. The maximum atomic E-state index is 10.8. The van der Waals surface area contributed by atoms with E-state index in [1.54, 1.807) is 23.5 Å². The Morgan fingerprint density at radius 1 is 1.00 bits per heavy atom. The van der Waals surface area contributed by atoms with Gasteiger partial charge in [-0.1, -0.05) is 51.8 Å². The predicted molar refractivity (Wildman–Crippen MR) is 151 cm³/mol. The van der Waals surface area contributed by atoms with Crippen LogP contribution in [0.2, 0.25) is 0 Å². The van der Waals surface area contributed by atoms with Crippen molar-refractivity contribution in [2.75, 3.05) is 13.1 Å². The molecule has 0 aliphatic rings. The van der Waals surface area contributed by atoms with Crippen molar-refractivity contribution in [1.82, 2.24) is 9.88 Å². The minimum Gasteiger partial charge on any atom is -0.383 e. The second-order valence-corrected chi connectivity index (χ2v) is 8.94. The van der Waals surface area contributed by atoms with Crippen molar-refractivity contribution in [3.63, 3.8) is 0 Å². The lowest BCUT2D eigenvalue weighted by atomic mass is 10.1. The third-order valence-electron chi connectivity index (χ3n) is 5.65. The minimum absolute atomic E-state index is 0.430. The SMILES string of the molecule is CC.CCCCCNCCn1c(-c2ccc(N=O)cc2)cc2cc(N=C(N)c3cccs3)ccc21. The average Bonchev–Trinajstić information content (AvgIpc) is 3.56. The van der Waals surface area contributed by atoms with Crippen molar-refractivity contribution in [3.8, 4) is 11.3 Å². The van der Waals surface area contributed by atoms with Gasteiger partial charge in [0.1, 0.15) is 11.5 Å². The Morgan fingerprint density at radius 3 is 2.46 bits per heavy atom. The second kappa shape index (κ2) is 13.6. The number of fused-ring (bicyclic) bond motifs is 1. The van der Waals surface area contributed by atoms with Gasteiger partial charge in [0, 0.05) is 29.7 Å². The maximum Gasteiger partial charge on any atom is 0.141 e. The zero-order chi connectivity index (χ0) is 25.0. The molecule has 2 aromatic carbocycles. The summed E-state index contributed by atoms with van der Waals surface area (Å²) in [6.07, 6.45) is 3.67. The van der Waals surface area contributed by atoms with Gasteiger partial charge in [0.15, 0.2) is 0 Å². The molecule has 0 aliphatic heterocycles. The molecule has 4 aromatic rings. The topological polar surface area (TPSA) is 84.8 Å². The van der Waals surface area contributed by atoms with Gasteiger partial charge in [-0.3, -0.25) is 0 Å². The maximum absolute atomic E-state index is 10.8. The Kier molecular flexibility index (Phi) is 10.2. The fourth-order valence-electron chi connectivity index (χ4n) is 3.94. The molecule has 0 saturated carbocycles. The van der Waals surface area contributed by atoms with Crippen LogP contribution in [-0.4, -0.2) is 23.5 Å². The molecule has 0 amide bonds. The van der Waals surface area contributed by atoms with Gasteiger partial charge in [-0.05, 0) is 71.6 Å². The largest absolute Gasteiger partial charge is 0.383 e. The van der Waals surface area contributed by atoms with Crippen LogP contribution in [0, 0.1) is 4.91 Å². The van der Waals surface area contributed by atoms with E-state index < -0.39 is 0 Å². The quantitative estimate of drug-likeness (QED) is 0.0984. The van der Waals surface area contributed by atoms with Gasteiger partial charge in [0.25, 0.3) is 0 Å². The summed E-state index contributed by atoms with van der Waals surface area (Å²) < 4.78 is 2.32. The van der Waals surface area contributed by atoms with Crippen LogP contribution in [0.4, 0.5) is 11.4 Å². The number of nitrogens with one attached hydrogen (secondary N) is 1. The van der Waals surface area contributed by atoms with Crippen molar-refractivity contribution in [2.45, 2.75) is 46.6 Å². The molecule has 0 saturated heterocycles. The van der Waals surface area contributed by atoms with Gasteiger partial charge >= 0.3 is 0 Å². The predicted octanol–water partition coefficient (Wildman–Crippen LogP) is 7.61. The summed E-state index contributed by atoms with van der Waals surface area (Å²) in [5.74, 6) is 0.525. The van der Waals surface area contributed by atoms with Crippen LogP contribution in [-0.2, 0) is 6.54 Å². The number of rotatable bonds is 11. The van der Waals surface area contributed by atoms with Crippen LogP contribution in [0.15, 0.2) is 76.2 Å². The Hall–Kier alpha value is -3.29. The smallest absolute Gasteiger partial charge is 0.141 e. The molecule has 184 valence electrons. The van der Waals surface area contributed by atoms with Crippen molar-refractivity contribution in [2.24, 2.45) is 15.9 Å². The van der Waals surface area contributed by atoms with Crippen molar-refractivity contribution in [3.05, 3.63) is 75.8 Å². The number of aliphatic imine (C=N–C) groups is 1. The molecule has 0 aliphatic carbocycles. The summed E-state index contributed by atoms with van der Waals surface area (Å²) >= 11 is 1.58. The minimum atomic E-state index is 0.430. The van der Waals surface area contributed by atoms with Crippen LogP contribution in [0.3, 0.4) is 0 Å². The van der Waals surface area contributed by atoms with E-state index in [0.717, 1.165) is 52.4 Å². The molecule has 0 radical (unpaired) electrons. The molecule has 6 nitrogen and oxygen atoms in total. The molecule has 35 heavy (non-hydrogen) atoms. The van der Waals surface area contributed by atoms with E-state index in [2.05, 4.69) is 45.2 Å². The highest BCUT2D eigenvalue weighted by molar-refractivity contribution is 7.12. The fourth-order valence-corrected chi connectivity index (χ4v) is 4.56. The number of nitrogens with two attached hydrogens (primary N) is 1. The van der Waals surface area contributed by atoms with Crippen molar-refractivity contribution < 1.29 is 0 Å². The summed E-state index contributed by atoms with van der Waals surface area (Å²) in [6, 6.07) is 19.7. The highest BCUT2D eigenvalue weighted by Crippen LogP contribution is 2.32. The molecule has 3 N–H and O–H groups in total. The molecule has 0 unspecified atom stereocenters. The summed E-state index contributed by atoms with van der Waals surface area (Å²) in [5.41, 5.74) is 10.8. The van der Waals surface area contributed by atoms with Gasteiger partial charge in [-0.25, -0.2) is 4.99 Å². The summed E-state index contributed by atoms with van der Waals surface area (Å²) in [5, 5.41) is 9.68. The molecule has 0 spiro atoms. The molecule has 7 heteroatoms. The number of benzene rings is 2. The molecular formula is C28H35N5OS. The number of hydrogen-bond acceptors (Lipinski definition) is 5. The van der Waals surface area contributed by atoms with E-state index >= 15 is 0 Å². The fraction of sp³-hybridized carbons (Fsp3) is 0.321. The first kappa shape index (κ1) is 26.3. The van der Waals surface area contributed by atoms with Gasteiger partial charge in [-0.2, -0.15) is 0 Å². The number of amidine groups is 1. The number of unbranched alkanes of at least 4 members (excludes halogenated alkanes) is 2. The zero-order valence-corrected chi connectivity index (χ0v) is 21.6. The van der Waals surface area contributed by atoms with Crippen LogP contribution in [0.25, 0.3) is 22.2 Å². The van der Waals surface area contributed by atoms with Crippen molar-refractivity contribution >= 4 is 39.5 Å². The first-order valence-corrected chi connectivity index (χ1v) is 13.2. The standard InChI is InChI=1S/C26H29N5OS.C2H6/c1-2-3-4-13-28-14-15-31-23-12-11-22(29-26(27)25-6-5-16-33-25)17-20(23)18-24(31)19-7-9-21(30-32)10-8-19;1-2/h5-12,16-18,28H,2-4,13-15H2,1H3,(H2,27,29);1-2H3. The Labute approximate surface area is 211 Å². The van der Waals surface area contributed by atoms with E-state index in [4.69, 9.17) is 5.73 Å². The molecule has 0 atom stereocenters. The van der Waals surface area contributed by atoms with Crippen LogP contribution >= 0.6 is 11.3 Å². The van der Waals surface area contributed by atoms with Crippen molar-refractivity contribution in [1.29, 1.82) is 0 Å². The normalized spacial score (nSPS) is 11.3. The highest BCUT2D eigenvalue weighted by Gasteiger charge is 2.12. The van der Waals surface area contributed by atoms with E-state index in [-0.39, 0.29) is 0 Å². The average molecular weight is 490 g/mol. The third-order valence-corrected chi connectivity index (χ3v) is 6.54. The van der Waals surface area contributed by atoms with Gasteiger partial charge in [-0.15, -0.1) is 16.2 Å². The lowest BCUT2D eigenvalue weighted by molar-refractivity contribution is 0.578. The van der Waals surface area contributed by atoms with Crippen LogP contribution < -0.4 is 11.1 Å². The second-order valence-electron chi connectivity index (χ2n) is 7.99. The lowest BCUT2D eigenvalue weighted by Crippen LogP contribution is -2.21. The van der Waals surface area contributed by atoms with E-state index in [1.165, 1.54) is 19.3 Å². The highest BCUT2D eigenvalue weighted by atomic mass is 32.1. The van der Waals surface area contributed by atoms with Gasteiger partial charge in [0.05, 0.1) is 10.6 Å². The molecule has 0 fully saturated rings. The van der Waals surface area contributed by atoms with E-state index in [1.807, 2.05) is 49.6 Å². The number of thiophene rings is 1. The van der Waals surface area contributed by atoms with E-state index in [9.17, 15) is 4.91 Å². The van der Waals surface area contributed by atoms with Crippen LogP contribution in [0.5, 0.6) is 0 Å². The first-order valence-electron chi connectivity index (χ1n) is 12.4. The van der Waals surface area contributed by atoms with E-state index in [0.29, 0.717) is 11.5 Å². The number of aromatic nitrogens is 1. The molecule has 4 rings (SSSR count). The molecule has 0 bridgehead atoms. The Bertz CT molecular complexity index is 1230. The molecule has 2 heterocycles. The van der Waals surface area contributed by atoms with Gasteiger partial charge in [0.2, 0.25) is 0 Å². The summed E-state index contributed by atoms with van der Waals surface area (Å²) in [4.78, 5) is 16.4. The summed E-state index contributed by atoms with van der Waals surface area (Å²) in [7, 11) is 0.